The van der Waals surface area contributed by atoms with E-state index in [9.17, 15) is 4.79 Å². The molecule has 2 N–H and O–H groups in total. The predicted molar refractivity (Wildman–Crippen MR) is 85.7 cm³/mol. The molecule has 5 heteroatoms. The van der Waals surface area contributed by atoms with Crippen LogP contribution in [0.3, 0.4) is 0 Å². The van der Waals surface area contributed by atoms with Crippen LogP contribution in [0.5, 0.6) is 0 Å². The van der Waals surface area contributed by atoms with Crippen molar-refractivity contribution in [2.24, 2.45) is 5.92 Å². The van der Waals surface area contributed by atoms with Crippen LogP contribution in [0.4, 0.5) is 11.4 Å². The molecule has 1 aliphatic heterocycles. The summed E-state index contributed by atoms with van der Waals surface area (Å²) in [6, 6.07) is 5.96. The van der Waals surface area contributed by atoms with Crippen LogP contribution < -0.4 is 10.6 Å². The smallest absolute Gasteiger partial charge is 0.340 e. The fraction of sp³-hybridized carbons (Fsp3) is 0.562. The van der Waals surface area contributed by atoms with E-state index in [1.807, 2.05) is 19.1 Å². The van der Waals surface area contributed by atoms with Gasteiger partial charge in [0, 0.05) is 24.8 Å². The Bertz CT molecular complexity index is 516. The number of hydrogen-bond acceptors (Lipinski definition) is 5. The second kappa shape index (κ2) is 6.35. The molecule has 21 heavy (non-hydrogen) atoms. The van der Waals surface area contributed by atoms with Gasteiger partial charge >= 0.3 is 5.97 Å². The number of benzene rings is 1. The standard InChI is InChI=1S/C16H25N3O2/c1-5-21-16(20)13-8-12(17)6-7-14(13)19-9-11(2)15(10-19)18(3)4/h6-8,11,15H,5,9-10,17H2,1-4H3. The lowest BCUT2D eigenvalue weighted by atomic mass is 10.1. The van der Waals surface area contributed by atoms with E-state index in [0.717, 1.165) is 18.8 Å². The third kappa shape index (κ3) is 3.29. The Labute approximate surface area is 126 Å². The van der Waals surface area contributed by atoms with E-state index in [-0.39, 0.29) is 5.97 Å². The number of carbonyl (C=O) groups excluding carboxylic acids is 1. The van der Waals surface area contributed by atoms with Crippen LogP contribution in [-0.2, 0) is 4.74 Å². The van der Waals surface area contributed by atoms with Gasteiger partial charge in [0.05, 0.1) is 17.9 Å². The number of nitrogen functional groups attached to an aromatic ring is 1. The topological polar surface area (TPSA) is 58.8 Å². The molecule has 2 rings (SSSR count). The number of ether oxygens (including phenoxy) is 1. The highest BCUT2D eigenvalue weighted by Crippen LogP contribution is 2.30. The number of carbonyl (C=O) groups is 1. The van der Waals surface area contributed by atoms with Gasteiger partial charge in [-0.15, -0.1) is 0 Å². The molecule has 1 aromatic carbocycles. The third-order valence-electron chi connectivity index (χ3n) is 4.09. The van der Waals surface area contributed by atoms with Crippen molar-refractivity contribution in [3.63, 3.8) is 0 Å². The quantitative estimate of drug-likeness (QED) is 0.677. The van der Waals surface area contributed by atoms with Gasteiger partial charge in [-0.3, -0.25) is 0 Å². The minimum Gasteiger partial charge on any atom is -0.462 e. The number of nitrogens with two attached hydrogens (primary N) is 1. The maximum absolute atomic E-state index is 12.2. The molecule has 0 spiro atoms. The van der Waals surface area contributed by atoms with Crippen LogP contribution in [0.15, 0.2) is 18.2 Å². The Morgan fingerprint density at radius 2 is 2.14 bits per heavy atom. The Balaban J connectivity index is 2.30. The molecular weight excluding hydrogens is 266 g/mol. The molecule has 1 saturated heterocycles. The van der Waals surface area contributed by atoms with Gasteiger partial charge in [-0.05, 0) is 45.1 Å². The number of nitrogens with zero attached hydrogens (tertiary/aromatic N) is 2. The molecule has 0 radical (unpaired) electrons. The number of rotatable bonds is 4. The SMILES string of the molecule is CCOC(=O)c1cc(N)ccc1N1CC(C)C(N(C)C)C1. The summed E-state index contributed by atoms with van der Waals surface area (Å²) >= 11 is 0. The van der Waals surface area contributed by atoms with Gasteiger partial charge in [0.25, 0.3) is 0 Å². The van der Waals surface area contributed by atoms with E-state index in [1.165, 1.54) is 0 Å². The second-order valence-corrected chi connectivity index (χ2v) is 5.91. The number of hydrogen-bond donors (Lipinski definition) is 1. The molecule has 0 amide bonds. The fourth-order valence-electron chi connectivity index (χ4n) is 3.02. The molecule has 1 heterocycles. The first kappa shape index (κ1) is 15.6. The molecule has 1 aromatic rings. The number of anilines is 2. The molecule has 5 nitrogen and oxygen atoms in total. The molecule has 0 aliphatic carbocycles. The summed E-state index contributed by atoms with van der Waals surface area (Å²) in [6.45, 7) is 6.25. The van der Waals surface area contributed by atoms with Crippen molar-refractivity contribution in [3.8, 4) is 0 Å². The number of likely N-dealkylation sites (N-methyl/N-ethyl adjacent to an activating group) is 1. The zero-order valence-electron chi connectivity index (χ0n) is 13.3. The van der Waals surface area contributed by atoms with Gasteiger partial charge in [-0.25, -0.2) is 4.79 Å². The molecular formula is C16H25N3O2. The Kier molecular flexibility index (Phi) is 4.73. The van der Waals surface area contributed by atoms with Crippen molar-refractivity contribution >= 4 is 17.3 Å². The summed E-state index contributed by atoms with van der Waals surface area (Å²) in [5, 5.41) is 0. The zero-order valence-corrected chi connectivity index (χ0v) is 13.3. The average molecular weight is 291 g/mol. The summed E-state index contributed by atoms with van der Waals surface area (Å²) < 4.78 is 5.15. The molecule has 116 valence electrons. The van der Waals surface area contributed by atoms with E-state index >= 15 is 0 Å². The second-order valence-electron chi connectivity index (χ2n) is 5.91. The van der Waals surface area contributed by atoms with Gasteiger partial charge in [-0.2, -0.15) is 0 Å². The molecule has 2 atom stereocenters. The van der Waals surface area contributed by atoms with E-state index in [0.29, 0.717) is 29.8 Å². The van der Waals surface area contributed by atoms with E-state index in [2.05, 4.69) is 30.8 Å². The van der Waals surface area contributed by atoms with Gasteiger partial charge < -0.3 is 20.3 Å². The summed E-state index contributed by atoms with van der Waals surface area (Å²) in [5.74, 6) is 0.244. The van der Waals surface area contributed by atoms with Crippen LogP contribution in [0.2, 0.25) is 0 Å². The third-order valence-corrected chi connectivity index (χ3v) is 4.09. The highest BCUT2D eigenvalue weighted by Gasteiger charge is 2.32. The van der Waals surface area contributed by atoms with Gasteiger partial charge in [0.1, 0.15) is 0 Å². The maximum Gasteiger partial charge on any atom is 0.340 e. The van der Waals surface area contributed by atoms with Crippen molar-refractivity contribution in [3.05, 3.63) is 23.8 Å². The Hall–Kier alpha value is -1.75. The van der Waals surface area contributed by atoms with Gasteiger partial charge in [0.2, 0.25) is 0 Å². The van der Waals surface area contributed by atoms with Crippen molar-refractivity contribution in [1.29, 1.82) is 0 Å². The van der Waals surface area contributed by atoms with Gasteiger partial charge in [-0.1, -0.05) is 6.92 Å². The average Bonchev–Trinajstić information content (AvgIpc) is 2.81. The zero-order chi connectivity index (χ0) is 15.6. The molecule has 0 bridgehead atoms. The minimum atomic E-state index is -0.305. The van der Waals surface area contributed by atoms with Crippen LogP contribution in [0.1, 0.15) is 24.2 Å². The fourth-order valence-corrected chi connectivity index (χ4v) is 3.02. The lowest BCUT2D eigenvalue weighted by Crippen LogP contribution is -2.34. The molecule has 0 aromatic heterocycles. The van der Waals surface area contributed by atoms with E-state index < -0.39 is 0 Å². The van der Waals surface area contributed by atoms with Crippen molar-refractivity contribution in [1.82, 2.24) is 4.90 Å². The minimum absolute atomic E-state index is 0.305. The van der Waals surface area contributed by atoms with E-state index in [1.54, 1.807) is 6.07 Å². The Morgan fingerprint density at radius 3 is 2.71 bits per heavy atom. The lowest BCUT2D eigenvalue weighted by molar-refractivity contribution is 0.0527. The van der Waals surface area contributed by atoms with Crippen molar-refractivity contribution in [2.75, 3.05) is 44.4 Å². The molecule has 1 fully saturated rings. The summed E-state index contributed by atoms with van der Waals surface area (Å²) in [7, 11) is 4.19. The monoisotopic (exact) mass is 291 g/mol. The summed E-state index contributed by atoms with van der Waals surface area (Å²) in [6.07, 6.45) is 0. The molecule has 0 saturated carbocycles. The predicted octanol–water partition coefficient (Wildman–Crippen LogP) is 1.83. The highest BCUT2D eigenvalue weighted by molar-refractivity contribution is 5.97. The van der Waals surface area contributed by atoms with E-state index in [4.69, 9.17) is 10.5 Å². The normalized spacial score (nSPS) is 21.9. The molecule has 1 aliphatic rings. The Morgan fingerprint density at radius 1 is 1.43 bits per heavy atom. The first-order valence-corrected chi connectivity index (χ1v) is 7.42. The highest BCUT2D eigenvalue weighted by atomic mass is 16.5. The van der Waals surface area contributed by atoms with Crippen LogP contribution in [0, 0.1) is 5.92 Å². The largest absolute Gasteiger partial charge is 0.462 e. The first-order chi connectivity index (χ1) is 9.93. The number of esters is 1. The molecule has 2 unspecified atom stereocenters. The van der Waals surface area contributed by atoms with Crippen LogP contribution in [-0.4, -0.2) is 50.7 Å². The lowest BCUT2D eigenvalue weighted by Gasteiger charge is -2.24. The van der Waals surface area contributed by atoms with Crippen molar-refractivity contribution in [2.45, 2.75) is 19.9 Å². The summed E-state index contributed by atoms with van der Waals surface area (Å²) in [5.41, 5.74) is 7.88. The van der Waals surface area contributed by atoms with Gasteiger partial charge in [0.15, 0.2) is 0 Å². The van der Waals surface area contributed by atoms with Crippen molar-refractivity contribution < 1.29 is 9.53 Å². The van der Waals surface area contributed by atoms with Crippen LogP contribution in [0.25, 0.3) is 0 Å². The summed E-state index contributed by atoms with van der Waals surface area (Å²) in [4.78, 5) is 16.6. The first-order valence-electron chi connectivity index (χ1n) is 7.42. The van der Waals surface area contributed by atoms with Crippen LogP contribution >= 0.6 is 0 Å². The maximum atomic E-state index is 12.2.